The van der Waals surface area contributed by atoms with E-state index in [-0.39, 0.29) is 6.61 Å². The first-order valence-electron chi connectivity index (χ1n) is 4.23. The van der Waals surface area contributed by atoms with Gasteiger partial charge in [0.2, 0.25) is 0 Å². The normalized spacial score (nSPS) is 9.07. The number of hydrogen-bond donors (Lipinski definition) is 1. The van der Waals surface area contributed by atoms with E-state index < -0.39 is 6.09 Å². The minimum Gasteiger partial charge on any atom is -0.445 e. The van der Waals surface area contributed by atoms with Crippen LogP contribution in [0.15, 0.2) is 29.4 Å². The largest absolute Gasteiger partial charge is 0.445 e. The molecule has 6 heteroatoms. The fraction of sp³-hybridized carbons (Fsp3) is 0.222. The standard InChI is InChI=1S/C9H10N4O2/c10-9(14)15-6-8-3-1-7(2-4-8)5-12-13-11/h1-4H,5-6H2,(H2,10,14). The van der Waals surface area contributed by atoms with Crippen LogP contribution in [-0.2, 0) is 17.9 Å². The molecule has 0 atom stereocenters. The molecular formula is C9H10N4O2. The Morgan fingerprint density at radius 1 is 1.40 bits per heavy atom. The van der Waals surface area contributed by atoms with Crippen molar-refractivity contribution in [2.75, 3.05) is 0 Å². The van der Waals surface area contributed by atoms with E-state index in [4.69, 9.17) is 11.3 Å². The van der Waals surface area contributed by atoms with Crippen molar-refractivity contribution in [3.8, 4) is 0 Å². The lowest BCUT2D eigenvalue weighted by molar-refractivity contribution is 0.150. The molecule has 1 aromatic rings. The van der Waals surface area contributed by atoms with E-state index in [1.807, 2.05) is 0 Å². The van der Waals surface area contributed by atoms with Gasteiger partial charge in [-0.25, -0.2) is 4.79 Å². The zero-order valence-electron chi connectivity index (χ0n) is 7.96. The fourth-order valence-corrected chi connectivity index (χ4v) is 1.01. The van der Waals surface area contributed by atoms with Gasteiger partial charge in [0.1, 0.15) is 6.61 Å². The van der Waals surface area contributed by atoms with Crippen molar-refractivity contribution in [2.24, 2.45) is 10.8 Å². The molecule has 78 valence electrons. The maximum absolute atomic E-state index is 10.3. The highest BCUT2D eigenvalue weighted by molar-refractivity contribution is 5.64. The van der Waals surface area contributed by atoms with Crippen LogP contribution in [0.4, 0.5) is 4.79 Å². The summed E-state index contributed by atoms with van der Waals surface area (Å²) >= 11 is 0. The van der Waals surface area contributed by atoms with Crippen molar-refractivity contribution in [3.05, 3.63) is 45.8 Å². The Morgan fingerprint density at radius 2 is 2.00 bits per heavy atom. The van der Waals surface area contributed by atoms with Gasteiger partial charge in [-0.1, -0.05) is 29.4 Å². The molecule has 2 N–H and O–H groups in total. The Balaban J connectivity index is 2.55. The molecule has 0 unspecified atom stereocenters. The van der Waals surface area contributed by atoms with Crippen LogP contribution < -0.4 is 5.73 Å². The van der Waals surface area contributed by atoms with Gasteiger partial charge in [-0.2, -0.15) is 0 Å². The van der Waals surface area contributed by atoms with Gasteiger partial charge in [0.05, 0.1) is 6.54 Å². The molecule has 15 heavy (non-hydrogen) atoms. The van der Waals surface area contributed by atoms with Crippen LogP contribution in [0, 0.1) is 0 Å². The highest BCUT2D eigenvalue weighted by Gasteiger charge is 1.97. The van der Waals surface area contributed by atoms with E-state index in [2.05, 4.69) is 14.8 Å². The molecule has 1 rings (SSSR count). The van der Waals surface area contributed by atoms with Gasteiger partial charge < -0.3 is 10.5 Å². The van der Waals surface area contributed by atoms with E-state index in [1.165, 1.54) is 0 Å². The predicted molar refractivity (Wildman–Crippen MR) is 53.7 cm³/mol. The Kier molecular flexibility index (Phi) is 4.00. The third kappa shape index (κ3) is 4.02. The van der Waals surface area contributed by atoms with Crippen molar-refractivity contribution in [2.45, 2.75) is 13.2 Å². The molecule has 0 aromatic heterocycles. The summed E-state index contributed by atoms with van der Waals surface area (Å²) in [6.45, 7) is 0.463. The number of azide groups is 1. The number of carbonyl (C=O) groups is 1. The molecule has 0 spiro atoms. The lowest BCUT2D eigenvalue weighted by Gasteiger charge is -2.02. The number of nitrogens with zero attached hydrogens (tertiary/aromatic N) is 3. The van der Waals surface area contributed by atoms with Crippen LogP contribution in [-0.4, -0.2) is 6.09 Å². The molecule has 1 aromatic carbocycles. The number of primary amides is 1. The third-order valence-corrected chi connectivity index (χ3v) is 1.72. The molecule has 6 nitrogen and oxygen atoms in total. The van der Waals surface area contributed by atoms with Gasteiger partial charge >= 0.3 is 6.09 Å². The van der Waals surface area contributed by atoms with Crippen molar-refractivity contribution < 1.29 is 9.53 Å². The van der Waals surface area contributed by atoms with Gasteiger partial charge in [0.15, 0.2) is 0 Å². The van der Waals surface area contributed by atoms with Crippen LogP contribution in [0.5, 0.6) is 0 Å². The van der Waals surface area contributed by atoms with Gasteiger partial charge in [-0.15, -0.1) is 0 Å². The summed E-state index contributed by atoms with van der Waals surface area (Å²) in [4.78, 5) is 13.0. The van der Waals surface area contributed by atoms with Crippen molar-refractivity contribution >= 4 is 6.09 Å². The molecule has 0 aliphatic rings. The van der Waals surface area contributed by atoms with Crippen LogP contribution >= 0.6 is 0 Å². The van der Waals surface area contributed by atoms with Gasteiger partial charge in [-0.3, -0.25) is 0 Å². The smallest absolute Gasteiger partial charge is 0.404 e. The number of rotatable bonds is 4. The Labute approximate surface area is 86.3 Å². The van der Waals surface area contributed by atoms with E-state index >= 15 is 0 Å². The second kappa shape index (κ2) is 5.51. The first kappa shape index (κ1) is 10.9. The highest BCUT2D eigenvalue weighted by atomic mass is 16.5. The topological polar surface area (TPSA) is 101 Å². The first-order chi connectivity index (χ1) is 7.22. The van der Waals surface area contributed by atoms with Crippen molar-refractivity contribution in [3.63, 3.8) is 0 Å². The average molecular weight is 206 g/mol. The van der Waals surface area contributed by atoms with Crippen LogP contribution in [0.25, 0.3) is 10.4 Å². The molecule has 0 fully saturated rings. The number of benzene rings is 1. The molecule has 0 bridgehead atoms. The number of ether oxygens (including phenoxy) is 1. The maximum Gasteiger partial charge on any atom is 0.404 e. The molecule has 0 aliphatic heterocycles. The number of nitrogens with two attached hydrogens (primary N) is 1. The summed E-state index contributed by atoms with van der Waals surface area (Å²) in [5.74, 6) is 0. The van der Waals surface area contributed by atoms with Gasteiger partial charge in [-0.05, 0) is 16.7 Å². The minimum absolute atomic E-state index is 0.150. The predicted octanol–water partition coefficient (Wildman–Crippen LogP) is 2.09. The zero-order valence-corrected chi connectivity index (χ0v) is 7.96. The highest BCUT2D eigenvalue weighted by Crippen LogP contribution is 2.06. The lowest BCUT2D eigenvalue weighted by Crippen LogP contribution is -2.12. The summed E-state index contributed by atoms with van der Waals surface area (Å²) in [7, 11) is 0. The molecule has 1 amide bonds. The second-order valence-electron chi connectivity index (χ2n) is 2.81. The summed E-state index contributed by atoms with van der Waals surface area (Å²) in [5.41, 5.74) is 14.7. The quantitative estimate of drug-likeness (QED) is 0.463. The number of amides is 1. The number of hydrogen-bond acceptors (Lipinski definition) is 3. The third-order valence-electron chi connectivity index (χ3n) is 1.72. The Hall–Kier alpha value is -2.20. The monoisotopic (exact) mass is 206 g/mol. The molecule has 0 saturated heterocycles. The molecule has 0 radical (unpaired) electrons. The van der Waals surface area contributed by atoms with Crippen molar-refractivity contribution in [1.82, 2.24) is 0 Å². The Morgan fingerprint density at radius 3 is 2.53 bits per heavy atom. The zero-order chi connectivity index (χ0) is 11.1. The molecular weight excluding hydrogens is 196 g/mol. The SMILES string of the molecule is [N-]=[N+]=NCc1ccc(COC(N)=O)cc1. The van der Waals surface area contributed by atoms with Crippen LogP contribution in [0.3, 0.4) is 0 Å². The molecule has 0 saturated carbocycles. The van der Waals surface area contributed by atoms with Gasteiger partial charge in [0, 0.05) is 4.91 Å². The summed E-state index contributed by atoms with van der Waals surface area (Å²) in [6.07, 6.45) is -0.798. The summed E-state index contributed by atoms with van der Waals surface area (Å²) < 4.78 is 4.61. The minimum atomic E-state index is -0.798. The van der Waals surface area contributed by atoms with Crippen LogP contribution in [0.1, 0.15) is 11.1 Å². The van der Waals surface area contributed by atoms with Crippen molar-refractivity contribution in [1.29, 1.82) is 0 Å². The van der Waals surface area contributed by atoms with E-state index in [0.717, 1.165) is 11.1 Å². The summed E-state index contributed by atoms with van der Waals surface area (Å²) in [6, 6.07) is 7.17. The number of carbonyl (C=O) groups excluding carboxylic acids is 1. The summed E-state index contributed by atoms with van der Waals surface area (Å²) in [5, 5.41) is 3.42. The maximum atomic E-state index is 10.3. The van der Waals surface area contributed by atoms with E-state index in [0.29, 0.717) is 6.54 Å². The fourth-order valence-electron chi connectivity index (χ4n) is 1.01. The second-order valence-corrected chi connectivity index (χ2v) is 2.81. The molecule has 0 heterocycles. The molecule has 0 aliphatic carbocycles. The average Bonchev–Trinajstić information content (AvgIpc) is 2.25. The van der Waals surface area contributed by atoms with E-state index in [1.54, 1.807) is 24.3 Å². The lowest BCUT2D eigenvalue weighted by atomic mass is 10.1. The first-order valence-corrected chi connectivity index (χ1v) is 4.23. The van der Waals surface area contributed by atoms with Crippen LogP contribution in [0.2, 0.25) is 0 Å². The Bertz CT molecular complexity index is 382. The van der Waals surface area contributed by atoms with E-state index in [9.17, 15) is 4.79 Å². The van der Waals surface area contributed by atoms with Gasteiger partial charge in [0.25, 0.3) is 0 Å².